The monoisotopic (exact) mass is 311 g/mol. The first-order valence-corrected chi connectivity index (χ1v) is 8.34. The molecule has 1 aliphatic rings. The number of nitrogens with zero attached hydrogens (tertiary/aromatic N) is 2. The van der Waals surface area contributed by atoms with Crippen molar-refractivity contribution in [1.29, 1.82) is 0 Å². The number of nitrogens with one attached hydrogen (secondary N) is 1. The van der Waals surface area contributed by atoms with E-state index in [1.165, 1.54) is 0 Å². The molecule has 0 radical (unpaired) electrons. The van der Waals surface area contributed by atoms with Gasteiger partial charge in [-0.3, -0.25) is 4.90 Å². The maximum atomic E-state index is 6.29. The molecule has 2 rings (SSSR count). The van der Waals surface area contributed by atoms with E-state index in [9.17, 15) is 0 Å². The molecule has 0 saturated carbocycles. The van der Waals surface area contributed by atoms with Crippen LogP contribution in [0.15, 0.2) is 12.1 Å². The van der Waals surface area contributed by atoms with E-state index in [0.29, 0.717) is 6.10 Å². The van der Waals surface area contributed by atoms with Crippen LogP contribution in [0.5, 0.6) is 0 Å². The second kappa shape index (κ2) is 8.57. The van der Waals surface area contributed by atoms with Crippen molar-refractivity contribution < 1.29 is 4.74 Å². The van der Waals surface area contributed by atoms with Crippen molar-refractivity contribution in [2.45, 2.75) is 45.8 Å². The molecule has 1 fully saturated rings. The van der Waals surface area contributed by atoms with Crippen LogP contribution in [-0.4, -0.2) is 42.2 Å². The zero-order valence-corrected chi connectivity index (χ0v) is 13.8. The number of piperidine rings is 1. The van der Waals surface area contributed by atoms with Crippen LogP contribution < -0.4 is 5.32 Å². The van der Waals surface area contributed by atoms with E-state index in [1.54, 1.807) is 0 Å². The lowest BCUT2D eigenvalue weighted by atomic mass is 10.1. The molecule has 1 aromatic rings. The molecule has 1 N–H and O–H groups in total. The summed E-state index contributed by atoms with van der Waals surface area (Å²) in [5.74, 6) is 0.917. The molecule has 2 heterocycles. The molecule has 0 amide bonds. The fraction of sp³-hybridized carbons (Fsp3) is 0.688. The molecule has 1 saturated heterocycles. The van der Waals surface area contributed by atoms with E-state index in [4.69, 9.17) is 16.3 Å². The van der Waals surface area contributed by atoms with Gasteiger partial charge >= 0.3 is 0 Å². The predicted molar refractivity (Wildman–Crippen MR) is 88.0 cm³/mol. The third kappa shape index (κ3) is 5.13. The first kappa shape index (κ1) is 16.5. The first-order chi connectivity index (χ1) is 10.2. The fourth-order valence-corrected chi connectivity index (χ4v) is 2.79. The third-order valence-corrected chi connectivity index (χ3v) is 4.13. The lowest BCUT2D eigenvalue weighted by Crippen LogP contribution is -2.36. The summed E-state index contributed by atoms with van der Waals surface area (Å²) >= 11 is 6.29. The van der Waals surface area contributed by atoms with E-state index in [2.05, 4.69) is 29.0 Å². The molecule has 1 aliphatic heterocycles. The summed E-state index contributed by atoms with van der Waals surface area (Å²) in [5, 5.41) is 4.07. The number of likely N-dealkylation sites (tertiary alicyclic amines) is 1. The molecule has 118 valence electrons. The molecule has 5 heteroatoms. The molecule has 0 unspecified atom stereocenters. The van der Waals surface area contributed by atoms with Crippen LogP contribution in [0.3, 0.4) is 0 Å². The predicted octanol–water partition coefficient (Wildman–Crippen LogP) is 3.56. The first-order valence-electron chi connectivity index (χ1n) is 7.96. The molecule has 21 heavy (non-hydrogen) atoms. The number of halogens is 1. The maximum absolute atomic E-state index is 6.29. The molecule has 0 bridgehead atoms. The highest BCUT2D eigenvalue weighted by Crippen LogP contribution is 2.21. The van der Waals surface area contributed by atoms with E-state index in [1.807, 2.05) is 12.1 Å². The molecular weight excluding hydrogens is 286 g/mol. The van der Waals surface area contributed by atoms with Crippen LogP contribution in [0, 0.1) is 0 Å². The molecule has 0 aromatic carbocycles. The summed E-state index contributed by atoms with van der Waals surface area (Å²) < 4.78 is 5.69. The maximum Gasteiger partial charge on any atom is 0.126 e. The highest BCUT2D eigenvalue weighted by atomic mass is 35.5. The Labute approximate surface area is 132 Å². The van der Waals surface area contributed by atoms with Crippen molar-refractivity contribution in [2.75, 3.05) is 31.6 Å². The van der Waals surface area contributed by atoms with E-state index < -0.39 is 0 Å². The van der Waals surface area contributed by atoms with Gasteiger partial charge in [0, 0.05) is 32.8 Å². The number of hydrogen-bond acceptors (Lipinski definition) is 4. The van der Waals surface area contributed by atoms with Gasteiger partial charge in [-0.15, -0.1) is 0 Å². The van der Waals surface area contributed by atoms with E-state index in [-0.39, 0.29) is 0 Å². The van der Waals surface area contributed by atoms with Gasteiger partial charge in [0.2, 0.25) is 0 Å². The number of ether oxygens (including phenoxy) is 1. The van der Waals surface area contributed by atoms with Gasteiger partial charge in [-0.2, -0.15) is 0 Å². The quantitative estimate of drug-likeness (QED) is 0.835. The smallest absolute Gasteiger partial charge is 0.126 e. The summed E-state index contributed by atoms with van der Waals surface area (Å²) in [6.07, 6.45) is 3.70. The van der Waals surface area contributed by atoms with Crippen LogP contribution in [-0.2, 0) is 11.3 Å². The average molecular weight is 312 g/mol. The normalized spacial score (nSPS) is 17.1. The van der Waals surface area contributed by atoms with Crippen molar-refractivity contribution in [1.82, 2.24) is 9.88 Å². The van der Waals surface area contributed by atoms with Gasteiger partial charge in [-0.1, -0.05) is 18.5 Å². The average Bonchev–Trinajstić information content (AvgIpc) is 2.50. The third-order valence-electron chi connectivity index (χ3n) is 3.79. The van der Waals surface area contributed by atoms with Gasteiger partial charge in [0.05, 0.1) is 16.8 Å². The van der Waals surface area contributed by atoms with Crippen LogP contribution in [0.25, 0.3) is 0 Å². The Morgan fingerprint density at radius 1 is 1.33 bits per heavy atom. The van der Waals surface area contributed by atoms with Gasteiger partial charge in [0.25, 0.3) is 0 Å². The second-order valence-corrected chi connectivity index (χ2v) is 5.89. The highest BCUT2D eigenvalue weighted by molar-refractivity contribution is 6.31. The van der Waals surface area contributed by atoms with Crippen molar-refractivity contribution >= 4 is 17.4 Å². The Kier molecular flexibility index (Phi) is 6.74. The number of anilines is 1. The van der Waals surface area contributed by atoms with E-state index in [0.717, 1.165) is 68.6 Å². The summed E-state index contributed by atoms with van der Waals surface area (Å²) in [5.41, 5.74) is 0.965. The van der Waals surface area contributed by atoms with Crippen LogP contribution in [0.4, 0.5) is 5.82 Å². The standard InChI is InChI=1S/C16H26ClN3O/c1-3-9-18-16-6-5-14(17)15(19-16)12-20-10-7-13(8-11-20)21-4-2/h5-6,13H,3-4,7-12H2,1-2H3,(H,18,19). The summed E-state index contributed by atoms with van der Waals surface area (Å²) in [6, 6.07) is 3.89. The van der Waals surface area contributed by atoms with E-state index >= 15 is 0 Å². The summed E-state index contributed by atoms with van der Waals surface area (Å²) in [6.45, 7) is 8.87. The van der Waals surface area contributed by atoms with Crippen LogP contribution >= 0.6 is 11.6 Å². The minimum atomic E-state index is 0.423. The molecule has 0 aliphatic carbocycles. The van der Waals surface area contributed by atoms with Gasteiger partial charge in [0.15, 0.2) is 0 Å². The second-order valence-electron chi connectivity index (χ2n) is 5.48. The number of hydrogen-bond donors (Lipinski definition) is 1. The van der Waals surface area contributed by atoms with Crippen LogP contribution in [0.1, 0.15) is 38.8 Å². The SMILES string of the molecule is CCCNc1ccc(Cl)c(CN2CCC(OCC)CC2)n1. The Bertz CT molecular complexity index is 434. The van der Waals surface area contributed by atoms with Crippen molar-refractivity contribution in [3.8, 4) is 0 Å². The highest BCUT2D eigenvalue weighted by Gasteiger charge is 2.20. The van der Waals surface area contributed by atoms with Gasteiger partial charge in [-0.25, -0.2) is 4.98 Å². The Hall–Kier alpha value is -0.840. The lowest BCUT2D eigenvalue weighted by Gasteiger charge is -2.31. The number of pyridine rings is 1. The minimum absolute atomic E-state index is 0.423. The molecule has 1 aromatic heterocycles. The molecule has 0 spiro atoms. The number of aromatic nitrogens is 1. The summed E-state index contributed by atoms with van der Waals surface area (Å²) in [4.78, 5) is 7.05. The van der Waals surface area contributed by atoms with Gasteiger partial charge < -0.3 is 10.1 Å². The molecular formula is C16H26ClN3O. The Balaban J connectivity index is 1.90. The van der Waals surface area contributed by atoms with Crippen molar-refractivity contribution in [2.24, 2.45) is 0 Å². The molecule has 4 nitrogen and oxygen atoms in total. The Morgan fingerprint density at radius 2 is 2.10 bits per heavy atom. The molecule has 0 atom stereocenters. The zero-order chi connectivity index (χ0) is 15.1. The fourth-order valence-electron chi connectivity index (χ4n) is 2.63. The summed E-state index contributed by atoms with van der Waals surface area (Å²) in [7, 11) is 0. The lowest BCUT2D eigenvalue weighted by molar-refractivity contribution is 0.0123. The van der Waals surface area contributed by atoms with Gasteiger partial charge in [-0.05, 0) is 38.3 Å². The minimum Gasteiger partial charge on any atom is -0.378 e. The van der Waals surface area contributed by atoms with Crippen molar-refractivity contribution in [3.05, 3.63) is 22.8 Å². The van der Waals surface area contributed by atoms with Gasteiger partial charge in [0.1, 0.15) is 5.82 Å². The number of rotatable bonds is 7. The largest absolute Gasteiger partial charge is 0.378 e. The Morgan fingerprint density at radius 3 is 2.76 bits per heavy atom. The topological polar surface area (TPSA) is 37.4 Å². The van der Waals surface area contributed by atoms with Crippen LogP contribution in [0.2, 0.25) is 5.02 Å². The van der Waals surface area contributed by atoms with Crippen molar-refractivity contribution in [3.63, 3.8) is 0 Å². The zero-order valence-electron chi connectivity index (χ0n) is 13.1.